The monoisotopic (exact) mass is 459 g/mol. The molecule has 2 rings (SSSR count). The number of nitrogen functional groups attached to an aromatic ring is 1. The normalized spacial score (nSPS) is 17.7. The number of aliphatic hydroxyl groups is 2. The minimum Gasteiger partial charge on any atom is -0.391 e. The second kappa shape index (κ2) is 8.97. The number of ether oxygens (including phenoxy) is 1. The van der Waals surface area contributed by atoms with E-state index in [0.717, 1.165) is 10.9 Å². The lowest BCUT2D eigenvalue weighted by Crippen LogP contribution is -2.35. The molecule has 0 radical (unpaired) electrons. The number of aromatic amines is 1. The Kier molecular flexibility index (Phi) is 7.29. The molecule has 0 aliphatic rings. The second-order valence-corrected chi connectivity index (χ2v) is 8.47. The van der Waals surface area contributed by atoms with Crippen molar-refractivity contribution in [1.82, 2.24) is 19.5 Å². The van der Waals surface area contributed by atoms with Gasteiger partial charge in [0.1, 0.15) is 6.10 Å². The summed E-state index contributed by atoms with van der Waals surface area (Å²) in [7, 11) is -10.4. The molecule has 0 bridgehead atoms. The van der Waals surface area contributed by atoms with Gasteiger partial charge in [0.05, 0.1) is 25.6 Å². The predicted octanol–water partition coefficient (Wildman–Crippen LogP) is -1.81. The number of phosphoric ester groups is 1. The Balaban J connectivity index is 2.18. The highest BCUT2D eigenvalue weighted by atomic mass is 31.3. The molecule has 0 fully saturated rings. The van der Waals surface area contributed by atoms with Gasteiger partial charge >= 0.3 is 15.6 Å². The maximum atomic E-state index is 11.9. The highest BCUT2D eigenvalue weighted by Crippen LogP contribution is 2.57. The molecule has 18 heteroatoms. The molecule has 0 spiro atoms. The van der Waals surface area contributed by atoms with Crippen LogP contribution in [0.25, 0.3) is 11.2 Å². The minimum absolute atomic E-state index is 0.0745. The lowest BCUT2D eigenvalue weighted by atomic mass is 10.2. The Morgan fingerprint density at radius 2 is 1.93 bits per heavy atom. The van der Waals surface area contributed by atoms with E-state index in [1.807, 2.05) is 0 Å². The zero-order valence-corrected chi connectivity index (χ0v) is 16.5. The maximum Gasteiger partial charge on any atom is 0.481 e. The van der Waals surface area contributed by atoms with Gasteiger partial charge in [-0.15, -0.1) is 0 Å². The Morgan fingerprint density at radius 1 is 1.28 bits per heavy atom. The molecule has 0 amide bonds. The van der Waals surface area contributed by atoms with Crippen LogP contribution in [0, 0.1) is 0 Å². The Labute approximate surface area is 161 Å². The highest BCUT2D eigenvalue weighted by molar-refractivity contribution is 7.60. The Hall–Kier alpha value is -1.71. The third-order valence-electron chi connectivity index (χ3n) is 3.35. The number of rotatable bonds is 10. The van der Waals surface area contributed by atoms with Gasteiger partial charge in [-0.05, 0) is 6.92 Å². The van der Waals surface area contributed by atoms with Crippen molar-refractivity contribution in [1.29, 1.82) is 0 Å². The van der Waals surface area contributed by atoms with Gasteiger partial charge < -0.3 is 35.4 Å². The molecular formula is C11H19N5O11P2. The number of hydrogen-bond acceptors (Lipinski definition) is 11. The number of aliphatic hydroxyl groups excluding tert-OH is 2. The van der Waals surface area contributed by atoms with E-state index in [1.165, 1.54) is 6.92 Å². The van der Waals surface area contributed by atoms with Crippen molar-refractivity contribution in [2.75, 3.05) is 18.9 Å². The van der Waals surface area contributed by atoms with Gasteiger partial charge in [0.15, 0.2) is 17.4 Å². The molecule has 2 aromatic heterocycles. The molecule has 16 nitrogen and oxygen atoms in total. The van der Waals surface area contributed by atoms with E-state index in [9.17, 15) is 29.0 Å². The van der Waals surface area contributed by atoms with Gasteiger partial charge in [0, 0.05) is 0 Å². The molecule has 2 heterocycles. The van der Waals surface area contributed by atoms with Gasteiger partial charge in [0.25, 0.3) is 5.56 Å². The van der Waals surface area contributed by atoms with Crippen LogP contribution < -0.4 is 11.3 Å². The summed E-state index contributed by atoms with van der Waals surface area (Å²) in [6, 6.07) is 0. The molecule has 0 aromatic carbocycles. The number of anilines is 1. The molecule has 8 N–H and O–H groups in total. The van der Waals surface area contributed by atoms with Crippen molar-refractivity contribution in [3.63, 3.8) is 0 Å². The summed E-state index contributed by atoms with van der Waals surface area (Å²) in [6.45, 7) is 0.0441. The summed E-state index contributed by atoms with van der Waals surface area (Å²) < 4.78 is 36.4. The van der Waals surface area contributed by atoms with Crippen LogP contribution in [-0.4, -0.2) is 69.8 Å². The number of nitrogens with one attached hydrogen (secondary N) is 1. The molecular weight excluding hydrogens is 440 g/mol. The SMILES string of the molecule is C[C@H](O)C(O)[C@@H](OCCOP(=O)(O)OP(=O)(O)O)n1cnc2c(=O)[nH]c(N)nc21. The average Bonchev–Trinajstić information content (AvgIpc) is 2.95. The van der Waals surface area contributed by atoms with Crippen molar-refractivity contribution in [2.45, 2.75) is 25.4 Å². The predicted molar refractivity (Wildman–Crippen MR) is 94.1 cm³/mol. The molecule has 0 aliphatic carbocycles. The van der Waals surface area contributed by atoms with Gasteiger partial charge in [0.2, 0.25) is 5.95 Å². The fourth-order valence-corrected chi connectivity index (χ4v) is 3.76. The van der Waals surface area contributed by atoms with Crippen LogP contribution >= 0.6 is 15.6 Å². The Morgan fingerprint density at radius 3 is 2.52 bits per heavy atom. The fraction of sp³-hybridized carbons (Fsp3) is 0.545. The number of nitrogens with zero attached hydrogens (tertiary/aromatic N) is 3. The van der Waals surface area contributed by atoms with Crippen LogP contribution in [0.2, 0.25) is 0 Å². The van der Waals surface area contributed by atoms with E-state index in [0.29, 0.717) is 0 Å². The van der Waals surface area contributed by atoms with Crippen molar-refractivity contribution >= 4 is 32.8 Å². The lowest BCUT2D eigenvalue weighted by molar-refractivity contribution is -0.123. The molecule has 0 aliphatic heterocycles. The standard InChI is InChI=1S/C11H19N5O11P2/c1-5(17)7(18)10(25-2-3-26-29(23,24)27-28(20,21)22)16-4-13-6-8(16)14-11(12)15-9(6)19/h4-5,7,10,17-18H,2-3H2,1H3,(H,23,24)(H2,20,21,22)(H3,12,14,15,19)/t5-,7?,10+/m0/s1. The van der Waals surface area contributed by atoms with Crippen LogP contribution in [0.3, 0.4) is 0 Å². The molecule has 2 aromatic rings. The summed E-state index contributed by atoms with van der Waals surface area (Å²) in [5.41, 5.74) is 4.63. The van der Waals surface area contributed by atoms with Crippen LogP contribution in [0.5, 0.6) is 0 Å². The first-order valence-corrected chi connectivity index (χ1v) is 10.8. The number of hydrogen-bond donors (Lipinski definition) is 7. The lowest BCUT2D eigenvalue weighted by Gasteiger charge is -2.26. The van der Waals surface area contributed by atoms with Crippen LogP contribution in [0.15, 0.2) is 11.1 Å². The summed E-state index contributed by atoms with van der Waals surface area (Å²) in [5, 5.41) is 19.9. The quantitative estimate of drug-likeness (QED) is 0.153. The van der Waals surface area contributed by atoms with E-state index >= 15 is 0 Å². The fourth-order valence-electron chi connectivity index (χ4n) is 2.19. The zero-order chi connectivity index (χ0) is 22.0. The third-order valence-corrected chi connectivity index (χ3v) is 5.53. The molecule has 4 atom stereocenters. The van der Waals surface area contributed by atoms with Crippen molar-refractivity contribution in [3.8, 4) is 0 Å². The number of imidazole rings is 1. The van der Waals surface area contributed by atoms with Crippen molar-refractivity contribution in [3.05, 3.63) is 16.7 Å². The molecule has 29 heavy (non-hydrogen) atoms. The summed E-state index contributed by atoms with van der Waals surface area (Å²) in [4.78, 5) is 48.1. The third kappa shape index (κ3) is 6.38. The summed E-state index contributed by atoms with van der Waals surface area (Å²) in [6.07, 6.45) is -3.18. The number of H-pyrrole nitrogens is 1. The second-order valence-electron chi connectivity index (χ2n) is 5.64. The number of nitrogens with two attached hydrogens (primary N) is 1. The van der Waals surface area contributed by atoms with E-state index in [-0.39, 0.29) is 17.1 Å². The van der Waals surface area contributed by atoms with E-state index in [4.69, 9.17) is 20.3 Å². The van der Waals surface area contributed by atoms with Gasteiger partial charge in [-0.25, -0.2) is 14.1 Å². The number of fused-ring (bicyclic) bond motifs is 1. The molecule has 164 valence electrons. The molecule has 2 unspecified atom stereocenters. The summed E-state index contributed by atoms with van der Waals surface area (Å²) in [5.74, 6) is -0.242. The average molecular weight is 459 g/mol. The van der Waals surface area contributed by atoms with E-state index < -0.39 is 52.9 Å². The van der Waals surface area contributed by atoms with Crippen molar-refractivity contribution in [2.24, 2.45) is 0 Å². The minimum atomic E-state index is -5.28. The van der Waals surface area contributed by atoms with Gasteiger partial charge in [-0.2, -0.15) is 9.29 Å². The largest absolute Gasteiger partial charge is 0.481 e. The van der Waals surface area contributed by atoms with Crippen LogP contribution in [0.4, 0.5) is 5.95 Å². The first-order chi connectivity index (χ1) is 13.3. The first kappa shape index (κ1) is 23.6. The topological polar surface area (TPSA) is 253 Å². The highest BCUT2D eigenvalue weighted by Gasteiger charge is 2.33. The van der Waals surface area contributed by atoms with Crippen LogP contribution in [0.1, 0.15) is 13.2 Å². The molecule has 0 saturated heterocycles. The van der Waals surface area contributed by atoms with Crippen LogP contribution in [-0.2, 0) is 22.7 Å². The van der Waals surface area contributed by atoms with Gasteiger partial charge in [-0.3, -0.25) is 18.9 Å². The van der Waals surface area contributed by atoms with E-state index in [2.05, 4.69) is 23.8 Å². The first-order valence-electron chi connectivity index (χ1n) is 7.75. The summed E-state index contributed by atoms with van der Waals surface area (Å²) >= 11 is 0. The van der Waals surface area contributed by atoms with Crippen molar-refractivity contribution < 1.29 is 47.6 Å². The number of aromatic nitrogens is 4. The van der Waals surface area contributed by atoms with E-state index in [1.54, 1.807) is 0 Å². The zero-order valence-electron chi connectivity index (χ0n) is 14.7. The molecule has 0 saturated carbocycles. The van der Waals surface area contributed by atoms with Gasteiger partial charge in [-0.1, -0.05) is 0 Å². The number of phosphoric acid groups is 2. The smallest absolute Gasteiger partial charge is 0.391 e. The maximum absolute atomic E-state index is 11.9. The Bertz CT molecular complexity index is 1000.